The highest BCUT2D eigenvalue weighted by Crippen LogP contribution is 2.18. The summed E-state index contributed by atoms with van der Waals surface area (Å²) in [5.74, 6) is 0.706. The Hall–Kier alpha value is -1.01. The Balaban J connectivity index is 2.66. The Morgan fingerprint density at radius 3 is 3.15 bits per heavy atom. The minimum Gasteiger partial charge on any atom is -0.396 e. The highest BCUT2D eigenvalue weighted by molar-refractivity contribution is 7.99. The van der Waals surface area contributed by atoms with Crippen LogP contribution in [-0.2, 0) is 0 Å². The number of hydrogen-bond acceptors (Lipinski definition) is 5. The number of aliphatic hydroxyl groups is 1. The predicted molar refractivity (Wildman–Crippen MR) is 51.7 cm³/mol. The van der Waals surface area contributed by atoms with E-state index < -0.39 is 0 Å². The van der Waals surface area contributed by atoms with Crippen LogP contribution in [0, 0.1) is 0 Å². The van der Waals surface area contributed by atoms with Crippen molar-refractivity contribution in [3.8, 4) is 0 Å². The molecule has 13 heavy (non-hydrogen) atoms. The first-order chi connectivity index (χ1) is 6.25. The van der Waals surface area contributed by atoms with Crippen molar-refractivity contribution in [2.24, 2.45) is 0 Å². The maximum absolute atomic E-state index is 11.0. The fourth-order valence-electron chi connectivity index (χ4n) is 0.742. The van der Waals surface area contributed by atoms with E-state index in [2.05, 4.69) is 9.97 Å². The molecule has 1 aromatic rings. The van der Waals surface area contributed by atoms with E-state index in [9.17, 15) is 4.79 Å². The molecule has 0 spiro atoms. The van der Waals surface area contributed by atoms with E-state index in [1.165, 1.54) is 18.1 Å². The molecule has 72 valence electrons. The third kappa shape index (κ3) is 2.74. The summed E-state index contributed by atoms with van der Waals surface area (Å²) in [6, 6.07) is 0. The van der Waals surface area contributed by atoms with Crippen LogP contribution in [0.15, 0.2) is 16.1 Å². The molecule has 1 heterocycles. The van der Waals surface area contributed by atoms with Gasteiger partial charge in [0.1, 0.15) is 10.7 Å². The Morgan fingerprint density at radius 2 is 2.46 bits per heavy atom. The minimum atomic E-state index is -0.318. The van der Waals surface area contributed by atoms with Gasteiger partial charge in [-0.15, -0.1) is 11.8 Å². The number of aliphatic hydroxyl groups excluding tert-OH is 1. The normalized spacial score (nSPS) is 10.2. The molecule has 1 rings (SSSR count). The largest absolute Gasteiger partial charge is 0.396 e. The fraction of sp³-hybridized carbons (Fsp3) is 0.429. The van der Waals surface area contributed by atoms with Crippen LogP contribution in [-0.4, -0.2) is 27.4 Å². The lowest BCUT2D eigenvalue weighted by molar-refractivity contribution is 0.296. The monoisotopic (exact) mass is 201 g/mol. The number of nitrogen functional groups attached to an aromatic ring is 1. The van der Waals surface area contributed by atoms with Crippen molar-refractivity contribution in [3.63, 3.8) is 0 Å². The average Bonchev–Trinajstić information content (AvgIpc) is 2.13. The Labute approximate surface area is 79.4 Å². The summed E-state index contributed by atoms with van der Waals surface area (Å²) in [6.07, 6.45) is 1.98. The zero-order valence-corrected chi connectivity index (χ0v) is 7.80. The molecule has 0 aliphatic carbocycles. The van der Waals surface area contributed by atoms with Gasteiger partial charge in [-0.05, 0) is 6.42 Å². The molecular formula is C7H11N3O2S. The SMILES string of the molecule is Nc1c(SCCCO)nc[nH]c1=O. The van der Waals surface area contributed by atoms with Crippen molar-refractivity contribution in [2.75, 3.05) is 18.1 Å². The lowest BCUT2D eigenvalue weighted by Crippen LogP contribution is -2.13. The van der Waals surface area contributed by atoms with Gasteiger partial charge in [-0.25, -0.2) is 4.98 Å². The van der Waals surface area contributed by atoms with E-state index in [0.717, 1.165) is 0 Å². The predicted octanol–water partition coefficient (Wildman–Crippen LogP) is -0.173. The van der Waals surface area contributed by atoms with Crippen molar-refractivity contribution < 1.29 is 5.11 Å². The van der Waals surface area contributed by atoms with E-state index in [1.54, 1.807) is 0 Å². The van der Waals surface area contributed by atoms with Gasteiger partial charge in [-0.2, -0.15) is 0 Å². The second kappa shape index (κ2) is 4.88. The highest BCUT2D eigenvalue weighted by atomic mass is 32.2. The van der Waals surface area contributed by atoms with Crippen LogP contribution in [0.5, 0.6) is 0 Å². The van der Waals surface area contributed by atoms with Crippen molar-refractivity contribution >= 4 is 17.4 Å². The molecule has 0 aliphatic heterocycles. The maximum Gasteiger partial charge on any atom is 0.275 e. The first-order valence-electron chi connectivity index (χ1n) is 3.82. The number of hydrogen-bond donors (Lipinski definition) is 3. The summed E-state index contributed by atoms with van der Waals surface area (Å²) in [5, 5.41) is 9.06. The minimum absolute atomic E-state index is 0.135. The van der Waals surface area contributed by atoms with Gasteiger partial charge in [0.25, 0.3) is 5.56 Å². The number of nitrogens with one attached hydrogen (secondary N) is 1. The van der Waals surface area contributed by atoms with Crippen LogP contribution < -0.4 is 11.3 Å². The molecule has 0 radical (unpaired) electrons. The van der Waals surface area contributed by atoms with E-state index in [-0.39, 0.29) is 17.9 Å². The summed E-state index contributed by atoms with van der Waals surface area (Å²) < 4.78 is 0. The average molecular weight is 201 g/mol. The molecule has 0 bridgehead atoms. The number of aromatic nitrogens is 2. The summed E-state index contributed by atoms with van der Waals surface area (Å²) in [7, 11) is 0. The molecule has 6 heteroatoms. The van der Waals surface area contributed by atoms with Crippen LogP contribution >= 0.6 is 11.8 Å². The smallest absolute Gasteiger partial charge is 0.275 e. The van der Waals surface area contributed by atoms with Gasteiger partial charge in [0.05, 0.1) is 6.33 Å². The molecule has 0 amide bonds. The molecule has 0 saturated heterocycles. The second-order valence-electron chi connectivity index (χ2n) is 2.38. The van der Waals surface area contributed by atoms with E-state index in [1.807, 2.05) is 0 Å². The van der Waals surface area contributed by atoms with E-state index in [4.69, 9.17) is 10.8 Å². The lowest BCUT2D eigenvalue weighted by atomic mass is 10.5. The van der Waals surface area contributed by atoms with Crippen molar-refractivity contribution in [2.45, 2.75) is 11.4 Å². The number of aromatic amines is 1. The number of nitrogens with two attached hydrogens (primary N) is 1. The first-order valence-corrected chi connectivity index (χ1v) is 4.81. The van der Waals surface area contributed by atoms with Crippen molar-refractivity contribution in [1.82, 2.24) is 9.97 Å². The Kier molecular flexibility index (Phi) is 3.78. The number of H-pyrrole nitrogens is 1. The molecule has 0 unspecified atom stereocenters. The number of rotatable bonds is 4. The molecular weight excluding hydrogens is 190 g/mol. The van der Waals surface area contributed by atoms with E-state index in [0.29, 0.717) is 17.2 Å². The summed E-state index contributed by atoms with van der Waals surface area (Å²) >= 11 is 1.37. The van der Waals surface area contributed by atoms with Gasteiger partial charge in [-0.3, -0.25) is 4.79 Å². The lowest BCUT2D eigenvalue weighted by Gasteiger charge is -2.00. The summed E-state index contributed by atoms with van der Waals surface area (Å²) in [6.45, 7) is 0.135. The van der Waals surface area contributed by atoms with Gasteiger partial charge in [0.15, 0.2) is 0 Å². The van der Waals surface area contributed by atoms with Crippen LogP contribution in [0.25, 0.3) is 0 Å². The Bertz CT molecular complexity index is 326. The second-order valence-corrected chi connectivity index (χ2v) is 3.46. The number of thioether (sulfide) groups is 1. The standard InChI is InChI=1S/C7H11N3O2S/c8-5-6(12)9-4-10-7(5)13-3-1-2-11/h4,11H,1-3,8H2,(H,9,10,12). The zero-order valence-electron chi connectivity index (χ0n) is 6.99. The van der Waals surface area contributed by atoms with Gasteiger partial charge >= 0.3 is 0 Å². The summed E-state index contributed by atoms with van der Waals surface area (Å²) in [4.78, 5) is 17.3. The van der Waals surface area contributed by atoms with Gasteiger partial charge in [-0.1, -0.05) is 0 Å². The van der Waals surface area contributed by atoms with Gasteiger partial charge in [0.2, 0.25) is 0 Å². The van der Waals surface area contributed by atoms with Gasteiger partial charge < -0.3 is 15.8 Å². The van der Waals surface area contributed by atoms with Crippen molar-refractivity contribution in [1.29, 1.82) is 0 Å². The van der Waals surface area contributed by atoms with Crippen LogP contribution in [0.1, 0.15) is 6.42 Å². The topological polar surface area (TPSA) is 92.0 Å². The summed E-state index contributed by atoms with van der Waals surface area (Å²) in [5.41, 5.74) is 5.30. The number of anilines is 1. The van der Waals surface area contributed by atoms with E-state index >= 15 is 0 Å². The van der Waals surface area contributed by atoms with Gasteiger partial charge in [0, 0.05) is 12.4 Å². The molecule has 0 aromatic carbocycles. The molecule has 5 nitrogen and oxygen atoms in total. The van der Waals surface area contributed by atoms with Crippen LogP contribution in [0.2, 0.25) is 0 Å². The third-order valence-electron chi connectivity index (χ3n) is 1.39. The fourth-order valence-corrected chi connectivity index (χ4v) is 1.58. The maximum atomic E-state index is 11.0. The molecule has 1 aromatic heterocycles. The highest BCUT2D eigenvalue weighted by Gasteiger charge is 2.03. The quantitative estimate of drug-likeness (QED) is 0.357. The van der Waals surface area contributed by atoms with Crippen LogP contribution in [0.4, 0.5) is 5.69 Å². The number of nitrogens with zero attached hydrogens (tertiary/aromatic N) is 1. The molecule has 0 fully saturated rings. The Morgan fingerprint density at radius 1 is 1.69 bits per heavy atom. The molecule has 0 aliphatic rings. The third-order valence-corrected chi connectivity index (χ3v) is 2.49. The molecule has 4 N–H and O–H groups in total. The molecule has 0 atom stereocenters. The molecule has 0 saturated carbocycles. The van der Waals surface area contributed by atoms with Crippen molar-refractivity contribution in [3.05, 3.63) is 16.7 Å². The first kappa shape index (κ1) is 10.1. The zero-order chi connectivity index (χ0) is 9.68. The van der Waals surface area contributed by atoms with Crippen LogP contribution in [0.3, 0.4) is 0 Å².